The second-order valence-electron chi connectivity index (χ2n) is 4.94. The molecule has 1 fully saturated rings. The molecule has 2 aromatic heterocycles. The van der Waals surface area contributed by atoms with Crippen molar-refractivity contribution >= 4 is 21.7 Å². The number of rotatable bonds is 4. The Bertz CT molecular complexity index is 529. The van der Waals surface area contributed by atoms with Gasteiger partial charge in [0.1, 0.15) is 5.82 Å². The van der Waals surface area contributed by atoms with Crippen LogP contribution in [0.2, 0.25) is 0 Å². The average molecular weight is 321 g/mol. The molecule has 100 valence electrons. The van der Waals surface area contributed by atoms with E-state index in [-0.39, 0.29) is 0 Å². The van der Waals surface area contributed by atoms with Gasteiger partial charge in [0.15, 0.2) is 0 Å². The summed E-state index contributed by atoms with van der Waals surface area (Å²) in [7, 11) is 0. The molecule has 0 spiro atoms. The molecule has 2 aromatic rings. The topological polar surface area (TPSA) is 42.7 Å². The Morgan fingerprint density at radius 2 is 2.11 bits per heavy atom. The number of anilines is 1. The SMILES string of the molecule is Brc1ccc(NCc2ccn(C3CCCC3)n2)nc1. The normalized spacial score (nSPS) is 15.8. The smallest absolute Gasteiger partial charge is 0.126 e. The Morgan fingerprint density at radius 3 is 2.84 bits per heavy atom. The predicted octanol–water partition coefficient (Wildman–Crippen LogP) is 3.77. The van der Waals surface area contributed by atoms with Gasteiger partial charge in [0.05, 0.1) is 18.3 Å². The van der Waals surface area contributed by atoms with E-state index in [0.717, 1.165) is 16.0 Å². The first-order chi connectivity index (χ1) is 9.31. The van der Waals surface area contributed by atoms with Crippen molar-refractivity contribution in [3.05, 3.63) is 40.8 Å². The Hall–Kier alpha value is -1.36. The zero-order chi connectivity index (χ0) is 13.1. The van der Waals surface area contributed by atoms with E-state index < -0.39 is 0 Å². The molecule has 0 aromatic carbocycles. The van der Waals surface area contributed by atoms with Gasteiger partial charge in [0.2, 0.25) is 0 Å². The molecule has 1 saturated carbocycles. The van der Waals surface area contributed by atoms with Crippen molar-refractivity contribution in [2.75, 3.05) is 5.32 Å². The van der Waals surface area contributed by atoms with Gasteiger partial charge < -0.3 is 5.32 Å². The third-order valence-electron chi connectivity index (χ3n) is 3.54. The summed E-state index contributed by atoms with van der Waals surface area (Å²) >= 11 is 3.38. The maximum absolute atomic E-state index is 4.64. The van der Waals surface area contributed by atoms with Crippen LogP contribution in [0.3, 0.4) is 0 Å². The third kappa shape index (κ3) is 3.15. The van der Waals surface area contributed by atoms with Crippen molar-refractivity contribution < 1.29 is 0 Å². The van der Waals surface area contributed by atoms with Crippen LogP contribution in [0.15, 0.2) is 35.1 Å². The second kappa shape index (κ2) is 5.74. The van der Waals surface area contributed by atoms with E-state index >= 15 is 0 Å². The molecule has 1 aliphatic rings. The highest BCUT2D eigenvalue weighted by molar-refractivity contribution is 9.10. The van der Waals surface area contributed by atoms with E-state index in [9.17, 15) is 0 Å². The summed E-state index contributed by atoms with van der Waals surface area (Å²) < 4.78 is 3.11. The quantitative estimate of drug-likeness (QED) is 0.932. The summed E-state index contributed by atoms with van der Waals surface area (Å²) in [6.07, 6.45) is 9.09. The molecule has 0 radical (unpaired) electrons. The van der Waals surface area contributed by atoms with Gasteiger partial charge in [0, 0.05) is 16.9 Å². The van der Waals surface area contributed by atoms with Gasteiger partial charge in [-0.3, -0.25) is 4.68 Å². The lowest BCUT2D eigenvalue weighted by molar-refractivity contribution is 0.463. The fourth-order valence-electron chi connectivity index (χ4n) is 2.51. The molecule has 0 aliphatic heterocycles. The number of nitrogens with one attached hydrogen (secondary N) is 1. The number of pyridine rings is 1. The lowest BCUT2D eigenvalue weighted by Crippen LogP contribution is -2.07. The molecule has 1 N–H and O–H groups in total. The monoisotopic (exact) mass is 320 g/mol. The number of hydrogen-bond donors (Lipinski definition) is 1. The van der Waals surface area contributed by atoms with Crippen molar-refractivity contribution in [2.24, 2.45) is 0 Å². The molecular weight excluding hydrogens is 304 g/mol. The van der Waals surface area contributed by atoms with E-state index in [2.05, 4.69) is 48.3 Å². The van der Waals surface area contributed by atoms with E-state index in [1.165, 1.54) is 25.7 Å². The molecule has 0 bridgehead atoms. The predicted molar refractivity (Wildman–Crippen MR) is 79.0 cm³/mol. The van der Waals surface area contributed by atoms with Gasteiger partial charge in [-0.25, -0.2) is 4.98 Å². The maximum Gasteiger partial charge on any atom is 0.126 e. The molecule has 5 heteroatoms. The Balaban J connectivity index is 1.59. The maximum atomic E-state index is 4.64. The first kappa shape index (κ1) is 12.7. The lowest BCUT2D eigenvalue weighted by Gasteiger charge is -2.09. The highest BCUT2D eigenvalue weighted by Crippen LogP contribution is 2.28. The van der Waals surface area contributed by atoms with Crippen LogP contribution in [-0.2, 0) is 6.54 Å². The largest absolute Gasteiger partial charge is 0.364 e. The summed E-state index contributed by atoms with van der Waals surface area (Å²) in [6, 6.07) is 6.63. The summed E-state index contributed by atoms with van der Waals surface area (Å²) in [5, 5.41) is 7.93. The number of aromatic nitrogens is 3. The standard InChI is InChI=1S/C14H17BrN4/c15-11-5-6-14(16-9-11)17-10-12-7-8-19(18-12)13-3-1-2-4-13/h5-9,13H,1-4,10H2,(H,16,17). The number of nitrogens with zero attached hydrogens (tertiary/aromatic N) is 3. The summed E-state index contributed by atoms with van der Waals surface area (Å²) in [6.45, 7) is 0.717. The molecule has 2 heterocycles. The van der Waals surface area contributed by atoms with Crippen molar-refractivity contribution in [1.82, 2.24) is 14.8 Å². The molecule has 3 rings (SSSR count). The van der Waals surface area contributed by atoms with Gasteiger partial charge >= 0.3 is 0 Å². The van der Waals surface area contributed by atoms with Gasteiger partial charge in [-0.1, -0.05) is 12.8 Å². The number of hydrogen-bond acceptors (Lipinski definition) is 3. The fourth-order valence-corrected chi connectivity index (χ4v) is 2.74. The van der Waals surface area contributed by atoms with Crippen LogP contribution in [-0.4, -0.2) is 14.8 Å². The second-order valence-corrected chi connectivity index (χ2v) is 5.86. The molecule has 0 unspecified atom stereocenters. The van der Waals surface area contributed by atoms with Crippen LogP contribution in [0.1, 0.15) is 37.4 Å². The molecule has 1 aliphatic carbocycles. The van der Waals surface area contributed by atoms with E-state index in [1.54, 1.807) is 6.20 Å². The average Bonchev–Trinajstić information content (AvgIpc) is 3.09. The molecule has 0 amide bonds. The minimum Gasteiger partial charge on any atom is -0.364 e. The highest BCUT2D eigenvalue weighted by Gasteiger charge is 2.17. The van der Waals surface area contributed by atoms with Crippen molar-refractivity contribution in [1.29, 1.82) is 0 Å². The summed E-state index contributed by atoms with van der Waals surface area (Å²) in [5.41, 5.74) is 1.07. The van der Waals surface area contributed by atoms with Crippen LogP contribution < -0.4 is 5.32 Å². The van der Waals surface area contributed by atoms with Gasteiger partial charge in [0.25, 0.3) is 0 Å². The summed E-state index contributed by atoms with van der Waals surface area (Å²) in [4.78, 5) is 4.29. The first-order valence-corrected chi connectivity index (χ1v) is 7.50. The number of halogens is 1. The van der Waals surface area contributed by atoms with E-state index in [1.807, 2.05) is 12.1 Å². The molecule has 19 heavy (non-hydrogen) atoms. The van der Waals surface area contributed by atoms with Crippen LogP contribution in [0.5, 0.6) is 0 Å². The van der Waals surface area contributed by atoms with Gasteiger partial charge in [-0.2, -0.15) is 5.10 Å². The Morgan fingerprint density at radius 1 is 1.26 bits per heavy atom. The summed E-state index contributed by atoms with van der Waals surface area (Å²) in [5.74, 6) is 0.874. The Labute approximate surface area is 121 Å². The molecular formula is C14H17BrN4. The Kier molecular flexibility index (Phi) is 3.82. The molecule has 4 nitrogen and oxygen atoms in total. The van der Waals surface area contributed by atoms with E-state index in [0.29, 0.717) is 12.6 Å². The van der Waals surface area contributed by atoms with Gasteiger partial charge in [-0.15, -0.1) is 0 Å². The van der Waals surface area contributed by atoms with Crippen molar-refractivity contribution in [2.45, 2.75) is 38.3 Å². The highest BCUT2D eigenvalue weighted by atomic mass is 79.9. The van der Waals surface area contributed by atoms with Crippen molar-refractivity contribution in [3.63, 3.8) is 0 Å². The van der Waals surface area contributed by atoms with Gasteiger partial charge in [-0.05, 0) is 47.0 Å². The van der Waals surface area contributed by atoms with Crippen LogP contribution in [0, 0.1) is 0 Å². The van der Waals surface area contributed by atoms with Crippen LogP contribution in [0.25, 0.3) is 0 Å². The van der Waals surface area contributed by atoms with Crippen LogP contribution >= 0.6 is 15.9 Å². The molecule has 0 atom stereocenters. The fraction of sp³-hybridized carbons (Fsp3) is 0.429. The van der Waals surface area contributed by atoms with Crippen molar-refractivity contribution in [3.8, 4) is 0 Å². The minimum absolute atomic E-state index is 0.611. The van der Waals surface area contributed by atoms with E-state index in [4.69, 9.17) is 0 Å². The first-order valence-electron chi connectivity index (χ1n) is 6.71. The zero-order valence-electron chi connectivity index (χ0n) is 10.7. The molecule has 0 saturated heterocycles. The lowest BCUT2D eigenvalue weighted by atomic mass is 10.3. The zero-order valence-corrected chi connectivity index (χ0v) is 12.3. The van der Waals surface area contributed by atoms with Crippen LogP contribution in [0.4, 0.5) is 5.82 Å². The third-order valence-corrected chi connectivity index (χ3v) is 4.01. The minimum atomic E-state index is 0.611.